The molecule has 0 radical (unpaired) electrons. The fraction of sp³-hybridized carbons (Fsp3) is 0.0476. The standard InChI is InChI=1S/C63H42/c1-63(2)58-35-34-41(37-57(58)61-50-24-9-7-21-47(50)48-22-8-14-29-55(48)62(61)63)39-30-32-40(33-31-39)59-51-25-10-12-27-53(51)60(54-28-13-11-26-52(54)59)44-18-15-17-42(36-44)56-38-43-16-3-4-19-45(43)46-20-5-6-23-49(46)56/h3-38H,1-2H3. The summed E-state index contributed by atoms with van der Waals surface area (Å²) in [6.45, 7) is 4.80. The number of hydrogen-bond donors (Lipinski definition) is 0. The maximum absolute atomic E-state index is 2.45. The zero-order valence-electron chi connectivity index (χ0n) is 35.3. The number of rotatable bonds is 4. The van der Waals surface area contributed by atoms with Gasteiger partial charge in [0.1, 0.15) is 0 Å². The Morgan fingerprint density at radius 2 is 0.698 bits per heavy atom. The second-order valence-electron chi connectivity index (χ2n) is 17.9. The van der Waals surface area contributed by atoms with E-state index in [9.17, 15) is 0 Å². The fourth-order valence-electron chi connectivity index (χ4n) is 11.4. The normalized spacial score (nSPS) is 13.0. The van der Waals surface area contributed by atoms with Crippen LogP contribution in [0.2, 0.25) is 0 Å². The Labute approximate surface area is 367 Å². The van der Waals surface area contributed by atoms with Crippen LogP contribution in [-0.2, 0) is 5.41 Å². The average molecular weight is 799 g/mol. The maximum atomic E-state index is 2.45. The van der Waals surface area contributed by atoms with Gasteiger partial charge in [-0.05, 0) is 150 Å². The van der Waals surface area contributed by atoms with Crippen LogP contribution >= 0.6 is 0 Å². The van der Waals surface area contributed by atoms with Crippen molar-refractivity contribution in [3.05, 3.63) is 230 Å². The molecular weight excluding hydrogens is 757 g/mol. The highest BCUT2D eigenvalue weighted by Crippen LogP contribution is 2.55. The summed E-state index contributed by atoms with van der Waals surface area (Å²) in [5.74, 6) is 0. The second kappa shape index (κ2) is 13.6. The first-order valence-electron chi connectivity index (χ1n) is 22.2. The monoisotopic (exact) mass is 798 g/mol. The molecule has 294 valence electrons. The van der Waals surface area contributed by atoms with Gasteiger partial charge < -0.3 is 0 Å². The van der Waals surface area contributed by atoms with E-state index in [1.54, 1.807) is 0 Å². The molecule has 0 nitrogen and oxygen atoms in total. The minimum Gasteiger partial charge on any atom is -0.0616 e. The smallest absolute Gasteiger partial charge is 0.0165 e. The molecular formula is C63H42. The van der Waals surface area contributed by atoms with Gasteiger partial charge in [0.2, 0.25) is 0 Å². The summed E-state index contributed by atoms with van der Waals surface area (Å²) in [5.41, 5.74) is 15.4. The van der Waals surface area contributed by atoms with Crippen molar-refractivity contribution in [3.8, 4) is 55.6 Å². The molecule has 0 N–H and O–H groups in total. The SMILES string of the molecule is CC1(C)c2ccc(-c3ccc(-c4c5ccccc5c(-c5cccc(-c6cc7ccccc7c7ccccc67)c5)c5ccccc45)cc3)cc2-c2c1c1ccccc1c1ccccc21. The minimum absolute atomic E-state index is 0.114. The average Bonchev–Trinajstić information content (AvgIpc) is 3.59. The molecule has 0 amide bonds. The van der Waals surface area contributed by atoms with Crippen LogP contribution in [0.25, 0.3) is 120 Å². The molecule has 0 bridgehead atoms. The molecule has 0 unspecified atom stereocenters. The van der Waals surface area contributed by atoms with Crippen molar-refractivity contribution in [2.45, 2.75) is 19.3 Å². The molecule has 12 aromatic carbocycles. The molecule has 63 heavy (non-hydrogen) atoms. The van der Waals surface area contributed by atoms with Crippen molar-refractivity contribution >= 4 is 64.6 Å². The van der Waals surface area contributed by atoms with Crippen LogP contribution in [0, 0.1) is 0 Å². The highest BCUT2D eigenvalue weighted by molar-refractivity contribution is 6.22. The number of benzene rings is 12. The third kappa shape index (κ3) is 5.28. The first kappa shape index (κ1) is 35.9. The van der Waals surface area contributed by atoms with Gasteiger partial charge in [-0.1, -0.05) is 214 Å². The Kier molecular flexibility index (Phi) is 7.75. The molecule has 0 saturated heterocycles. The molecule has 0 aromatic heterocycles. The lowest BCUT2D eigenvalue weighted by Crippen LogP contribution is -2.15. The quantitative estimate of drug-likeness (QED) is 0.123. The first-order valence-corrected chi connectivity index (χ1v) is 22.2. The number of hydrogen-bond acceptors (Lipinski definition) is 0. The predicted octanol–water partition coefficient (Wildman–Crippen LogP) is 17.6. The molecule has 0 spiro atoms. The Balaban J connectivity index is 0.946. The van der Waals surface area contributed by atoms with Gasteiger partial charge in [-0.25, -0.2) is 0 Å². The highest BCUT2D eigenvalue weighted by Gasteiger charge is 2.38. The molecule has 0 heterocycles. The molecule has 13 rings (SSSR count). The van der Waals surface area contributed by atoms with Gasteiger partial charge in [-0.15, -0.1) is 0 Å². The van der Waals surface area contributed by atoms with E-state index in [1.807, 2.05) is 0 Å². The molecule has 0 fully saturated rings. The van der Waals surface area contributed by atoms with Gasteiger partial charge in [0.15, 0.2) is 0 Å². The molecule has 12 aromatic rings. The topological polar surface area (TPSA) is 0 Å². The minimum atomic E-state index is -0.114. The molecule has 1 aliphatic carbocycles. The van der Waals surface area contributed by atoms with Gasteiger partial charge >= 0.3 is 0 Å². The van der Waals surface area contributed by atoms with Crippen molar-refractivity contribution in [2.24, 2.45) is 0 Å². The maximum Gasteiger partial charge on any atom is 0.0165 e. The van der Waals surface area contributed by atoms with Crippen molar-refractivity contribution in [1.29, 1.82) is 0 Å². The molecule has 0 aliphatic heterocycles. The third-order valence-corrected chi connectivity index (χ3v) is 14.2. The van der Waals surface area contributed by atoms with Crippen LogP contribution in [0.1, 0.15) is 25.0 Å². The van der Waals surface area contributed by atoms with E-state index in [2.05, 4.69) is 232 Å². The van der Waals surface area contributed by atoms with E-state index in [0.29, 0.717) is 0 Å². The van der Waals surface area contributed by atoms with Crippen LogP contribution in [0.5, 0.6) is 0 Å². The Bertz CT molecular complexity index is 3810. The zero-order valence-corrected chi connectivity index (χ0v) is 35.3. The van der Waals surface area contributed by atoms with Crippen molar-refractivity contribution < 1.29 is 0 Å². The van der Waals surface area contributed by atoms with Gasteiger partial charge in [-0.3, -0.25) is 0 Å². The van der Waals surface area contributed by atoms with E-state index in [0.717, 1.165) is 0 Å². The first-order chi connectivity index (χ1) is 31.0. The summed E-state index contributed by atoms with van der Waals surface area (Å²) in [4.78, 5) is 0. The lowest BCUT2D eigenvalue weighted by atomic mass is 9.79. The fourth-order valence-corrected chi connectivity index (χ4v) is 11.4. The molecule has 1 aliphatic rings. The predicted molar refractivity (Wildman–Crippen MR) is 271 cm³/mol. The van der Waals surface area contributed by atoms with Crippen molar-refractivity contribution in [2.75, 3.05) is 0 Å². The van der Waals surface area contributed by atoms with E-state index in [4.69, 9.17) is 0 Å². The van der Waals surface area contributed by atoms with E-state index >= 15 is 0 Å². The third-order valence-electron chi connectivity index (χ3n) is 14.2. The highest BCUT2D eigenvalue weighted by atomic mass is 14.4. The van der Waals surface area contributed by atoms with Crippen LogP contribution in [0.3, 0.4) is 0 Å². The lowest BCUT2D eigenvalue weighted by Gasteiger charge is -2.24. The van der Waals surface area contributed by atoms with Crippen LogP contribution in [0.4, 0.5) is 0 Å². The largest absolute Gasteiger partial charge is 0.0616 e. The van der Waals surface area contributed by atoms with E-state index < -0.39 is 0 Å². The van der Waals surface area contributed by atoms with Gasteiger partial charge in [-0.2, -0.15) is 0 Å². The van der Waals surface area contributed by atoms with Crippen LogP contribution in [-0.4, -0.2) is 0 Å². The van der Waals surface area contributed by atoms with Gasteiger partial charge in [0, 0.05) is 5.41 Å². The molecule has 0 heteroatoms. The van der Waals surface area contributed by atoms with E-state index in [1.165, 1.54) is 131 Å². The van der Waals surface area contributed by atoms with Crippen molar-refractivity contribution in [1.82, 2.24) is 0 Å². The Morgan fingerprint density at radius 1 is 0.254 bits per heavy atom. The summed E-state index contributed by atoms with van der Waals surface area (Å²) < 4.78 is 0. The summed E-state index contributed by atoms with van der Waals surface area (Å²) in [6.07, 6.45) is 0. The van der Waals surface area contributed by atoms with Crippen molar-refractivity contribution in [3.63, 3.8) is 0 Å². The Hall–Kier alpha value is -7.80. The number of fused-ring (bicyclic) bond motifs is 13. The summed E-state index contributed by atoms with van der Waals surface area (Å²) in [5, 5.41) is 15.5. The molecule has 0 saturated carbocycles. The Morgan fingerprint density at radius 3 is 1.33 bits per heavy atom. The van der Waals surface area contributed by atoms with Crippen LogP contribution < -0.4 is 0 Å². The summed E-state index contributed by atoms with van der Waals surface area (Å²) >= 11 is 0. The summed E-state index contributed by atoms with van der Waals surface area (Å²) in [7, 11) is 0. The van der Waals surface area contributed by atoms with E-state index in [-0.39, 0.29) is 5.41 Å². The van der Waals surface area contributed by atoms with Gasteiger partial charge in [0.05, 0.1) is 0 Å². The molecule has 0 atom stereocenters. The van der Waals surface area contributed by atoms with Crippen LogP contribution in [0.15, 0.2) is 218 Å². The van der Waals surface area contributed by atoms with Gasteiger partial charge in [0.25, 0.3) is 0 Å². The zero-order chi connectivity index (χ0) is 41.8. The second-order valence-corrected chi connectivity index (χ2v) is 17.9. The lowest BCUT2D eigenvalue weighted by molar-refractivity contribution is 0.666. The summed E-state index contributed by atoms with van der Waals surface area (Å²) in [6, 6.07) is 81.6.